The number of nitrogens with one attached hydrogen (secondary N) is 1. The summed E-state index contributed by atoms with van der Waals surface area (Å²) in [5.41, 5.74) is 1.56. The van der Waals surface area contributed by atoms with E-state index in [1.54, 1.807) is 42.5 Å². The van der Waals surface area contributed by atoms with E-state index in [1.807, 2.05) is 0 Å². The third-order valence-electron chi connectivity index (χ3n) is 3.55. The number of anilines is 1. The number of amides is 1. The number of rotatable bonds is 6. The van der Waals surface area contributed by atoms with Gasteiger partial charge in [-0.3, -0.25) is 14.4 Å². The monoisotopic (exact) mass is 393 g/mol. The minimum absolute atomic E-state index is 0.0334. The maximum absolute atomic E-state index is 12.2. The Labute approximate surface area is 161 Å². The fourth-order valence-corrected chi connectivity index (χ4v) is 2.49. The van der Waals surface area contributed by atoms with Crippen LogP contribution in [-0.2, 0) is 20.7 Å². The smallest absolute Gasteiger partial charge is 0.311 e. The molecule has 0 heterocycles. The van der Waals surface area contributed by atoms with Gasteiger partial charge in [-0.1, -0.05) is 41.4 Å². The van der Waals surface area contributed by atoms with Crippen molar-refractivity contribution in [3.05, 3.63) is 63.6 Å². The first-order valence-corrected chi connectivity index (χ1v) is 8.57. The highest BCUT2D eigenvalue weighted by Crippen LogP contribution is 2.23. The Balaban J connectivity index is 1.93. The number of carbonyl (C=O) groups is 3. The van der Waals surface area contributed by atoms with E-state index in [0.29, 0.717) is 26.9 Å². The number of ketones is 1. The SMILES string of the molecule is CC(=O)c1cccc(NC(=O)[C@H](C)OC(=O)Cc2ccc(Cl)c(Cl)c2)c1. The molecule has 7 heteroatoms. The molecule has 0 bridgehead atoms. The summed E-state index contributed by atoms with van der Waals surface area (Å²) in [6.07, 6.45) is -1.03. The molecule has 26 heavy (non-hydrogen) atoms. The Morgan fingerprint density at radius 2 is 1.81 bits per heavy atom. The van der Waals surface area contributed by atoms with Crippen molar-refractivity contribution >= 4 is 46.5 Å². The second-order valence-corrected chi connectivity index (χ2v) is 6.50. The Hall–Kier alpha value is -2.37. The van der Waals surface area contributed by atoms with Crippen molar-refractivity contribution in [2.45, 2.75) is 26.4 Å². The molecule has 0 aliphatic rings. The molecule has 0 fully saturated rings. The molecule has 2 aromatic rings. The lowest BCUT2D eigenvalue weighted by Gasteiger charge is -2.14. The molecule has 0 spiro atoms. The van der Waals surface area contributed by atoms with Crippen molar-refractivity contribution in [2.75, 3.05) is 5.32 Å². The zero-order valence-corrected chi connectivity index (χ0v) is 15.7. The van der Waals surface area contributed by atoms with E-state index in [9.17, 15) is 14.4 Å². The van der Waals surface area contributed by atoms with Crippen LogP contribution in [0.2, 0.25) is 10.0 Å². The van der Waals surface area contributed by atoms with Crippen LogP contribution in [0.25, 0.3) is 0 Å². The molecule has 0 aliphatic carbocycles. The van der Waals surface area contributed by atoms with Crippen molar-refractivity contribution in [3.8, 4) is 0 Å². The number of hydrogen-bond acceptors (Lipinski definition) is 4. The van der Waals surface area contributed by atoms with Crippen LogP contribution in [0.15, 0.2) is 42.5 Å². The normalized spacial score (nSPS) is 11.5. The Morgan fingerprint density at radius 1 is 1.08 bits per heavy atom. The first kappa shape index (κ1) is 19.9. The minimum atomic E-state index is -0.994. The van der Waals surface area contributed by atoms with Gasteiger partial charge in [-0.25, -0.2) is 0 Å². The standard InChI is InChI=1S/C19H17Cl2NO4/c1-11(23)14-4-3-5-15(10-14)22-19(25)12(2)26-18(24)9-13-6-7-16(20)17(21)8-13/h3-8,10,12H,9H2,1-2H3,(H,22,25)/t12-/m0/s1. The van der Waals surface area contributed by atoms with Crippen LogP contribution in [0.5, 0.6) is 0 Å². The number of hydrogen-bond donors (Lipinski definition) is 1. The lowest BCUT2D eigenvalue weighted by molar-refractivity contribution is -0.152. The van der Waals surface area contributed by atoms with Crippen molar-refractivity contribution in [3.63, 3.8) is 0 Å². The van der Waals surface area contributed by atoms with Gasteiger partial charge in [0.15, 0.2) is 11.9 Å². The van der Waals surface area contributed by atoms with Gasteiger partial charge < -0.3 is 10.1 Å². The predicted octanol–water partition coefficient (Wildman–Crippen LogP) is 4.31. The van der Waals surface area contributed by atoms with Gasteiger partial charge >= 0.3 is 5.97 Å². The second-order valence-electron chi connectivity index (χ2n) is 5.68. The van der Waals surface area contributed by atoms with E-state index < -0.39 is 18.0 Å². The van der Waals surface area contributed by atoms with Gasteiger partial charge in [-0.15, -0.1) is 0 Å². The van der Waals surface area contributed by atoms with Crippen LogP contribution < -0.4 is 5.32 Å². The highest BCUT2D eigenvalue weighted by molar-refractivity contribution is 6.42. The molecule has 1 atom stereocenters. The molecular formula is C19H17Cl2NO4. The minimum Gasteiger partial charge on any atom is -0.452 e. The maximum Gasteiger partial charge on any atom is 0.311 e. The number of esters is 1. The number of Topliss-reactive ketones (excluding diaryl/α,β-unsaturated/α-hetero) is 1. The van der Waals surface area contributed by atoms with Gasteiger partial charge in [0.05, 0.1) is 16.5 Å². The molecule has 0 aliphatic heterocycles. The first-order valence-electron chi connectivity index (χ1n) is 7.81. The fourth-order valence-electron chi connectivity index (χ4n) is 2.17. The van der Waals surface area contributed by atoms with Crippen molar-refractivity contribution < 1.29 is 19.1 Å². The van der Waals surface area contributed by atoms with Gasteiger partial charge in [-0.05, 0) is 43.7 Å². The molecule has 0 saturated heterocycles. The Morgan fingerprint density at radius 3 is 2.46 bits per heavy atom. The van der Waals surface area contributed by atoms with Gasteiger partial charge in [0.25, 0.3) is 5.91 Å². The summed E-state index contributed by atoms with van der Waals surface area (Å²) in [6, 6.07) is 11.3. The summed E-state index contributed by atoms with van der Waals surface area (Å²) < 4.78 is 5.14. The van der Waals surface area contributed by atoms with Crippen LogP contribution in [0.3, 0.4) is 0 Å². The molecule has 5 nitrogen and oxygen atoms in total. The maximum atomic E-state index is 12.2. The summed E-state index contributed by atoms with van der Waals surface area (Å²) in [5, 5.41) is 3.35. The van der Waals surface area contributed by atoms with E-state index in [2.05, 4.69) is 5.32 Å². The van der Waals surface area contributed by atoms with E-state index in [4.69, 9.17) is 27.9 Å². The molecule has 136 valence electrons. The summed E-state index contributed by atoms with van der Waals surface area (Å²) >= 11 is 11.7. The third-order valence-corrected chi connectivity index (χ3v) is 4.29. The van der Waals surface area contributed by atoms with E-state index in [1.165, 1.54) is 13.8 Å². The number of carbonyl (C=O) groups excluding carboxylic acids is 3. The van der Waals surface area contributed by atoms with Crippen molar-refractivity contribution in [1.29, 1.82) is 0 Å². The zero-order chi connectivity index (χ0) is 19.3. The van der Waals surface area contributed by atoms with Crippen molar-refractivity contribution in [1.82, 2.24) is 0 Å². The number of ether oxygens (including phenoxy) is 1. The van der Waals surface area contributed by atoms with Gasteiger partial charge in [0.2, 0.25) is 0 Å². The van der Waals surface area contributed by atoms with Crippen LogP contribution in [-0.4, -0.2) is 23.8 Å². The molecule has 2 aromatic carbocycles. The lowest BCUT2D eigenvalue weighted by atomic mass is 10.1. The van der Waals surface area contributed by atoms with Crippen LogP contribution >= 0.6 is 23.2 Å². The zero-order valence-electron chi connectivity index (χ0n) is 14.2. The van der Waals surface area contributed by atoms with E-state index >= 15 is 0 Å². The van der Waals surface area contributed by atoms with Gasteiger partial charge in [-0.2, -0.15) is 0 Å². The largest absolute Gasteiger partial charge is 0.452 e. The second kappa shape index (κ2) is 8.83. The number of benzene rings is 2. The van der Waals surface area contributed by atoms with Crippen LogP contribution in [0.1, 0.15) is 29.8 Å². The summed E-state index contributed by atoms with van der Waals surface area (Å²) in [7, 11) is 0. The average molecular weight is 394 g/mol. The average Bonchev–Trinajstić information content (AvgIpc) is 2.58. The summed E-state index contributed by atoms with van der Waals surface area (Å²) in [5.74, 6) is -1.17. The molecule has 0 unspecified atom stereocenters. The van der Waals surface area contributed by atoms with Crippen LogP contribution in [0.4, 0.5) is 5.69 Å². The highest BCUT2D eigenvalue weighted by Gasteiger charge is 2.18. The Bertz CT molecular complexity index is 851. The lowest BCUT2D eigenvalue weighted by Crippen LogP contribution is -2.30. The molecule has 0 saturated carbocycles. The van der Waals surface area contributed by atoms with Gasteiger partial charge in [0.1, 0.15) is 0 Å². The predicted molar refractivity (Wildman–Crippen MR) is 101 cm³/mol. The summed E-state index contributed by atoms with van der Waals surface area (Å²) in [4.78, 5) is 35.5. The molecule has 0 radical (unpaired) electrons. The summed E-state index contributed by atoms with van der Waals surface area (Å²) in [6.45, 7) is 2.91. The Kier molecular flexibility index (Phi) is 6.77. The van der Waals surface area contributed by atoms with Crippen LogP contribution in [0, 0.1) is 0 Å². The van der Waals surface area contributed by atoms with Crippen molar-refractivity contribution in [2.24, 2.45) is 0 Å². The molecule has 2 rings (SSSR count). The highest BCUT2D eigenvalue weighted by atomic mass is 35.5. The van der Waals surface area contributed by atoms with Gasteiger partial charge in [0, 0.05) is 11.3 Å². The molecular weight excluding hydrogens is 377 g/mol. The third kappa shape index (κ3) is 5.58. The quantitative estimate of drug-likeness (QED) is 0.586. The topological polar surface area (TPSA) is 72.5 Å². The van der Waals surface area contributed by atoms with E-state index in [0.717, 1.165) is 0 Å². The molecule has 1 amide bonds. The fraction of sp³-hybridized carbons (Fsp3) is 0.211. The molecule has 0 aromatic heterocycles. The first-order chi connectivity index (χ1) is 12.3. The molecule has 1 N–H and O–H groups in total. The van der Waals surface area contributed by atoms with E-state index in [-0.39, 0.29) is 12.2 Å². The number of halogens is 2.